The fourth-order valence-corrected chi connectivity index (χ4v) is 2.56. The van der Waals surface area contributed by atoms with Crippen molar-refractivity contribution in [3.8, 4) is 0 Å². The quantitative estimate of drug-likeness (QED) is 0.643. The molecule has 0 aliphatic rings. The summed E-state index contributed by atoms with van der Waals surface area (Å²) in [7, 11) is -2.08. The smallest absolute Gasteiger partial charge is 0.363 e. The van der Waals surface area contributed by atoms with Crippen molar-refractivity contribution in [1.82, 2.24) is 4.98 Å². The lowest BCUT2D eigenvalue weighted by atomic mass is 10.3. The van der Waals surface area contributed by atoms with Crippen LogP contribution in [0.1, 0.15) is 0 Å². The normalized spacial score (nSPS) is 10.9. The Kier molecular flexibility index (Phi) is 4.03. The zero-order valence-electron chi connectivity index (χ0n) is 11.0. The number of anilines is 2. The van der Waals surface area contributed by atoms with Gasteiger partial charge in [-0.2, -0.15) is 0 Å². The molecule has 110 valence electrons. The Morgan fingerprint density at radius 1 is 1.10 bits per heavy atom. The minimum Gasteiger partial charge on any atom is -0.388 e. The summed E-state index contributed by atoms with van der Waals surface area (Å²) >= 11 is 0. The second-order valence-electron chi connectivity index (χ2n) is 4.04. The van der Waals surface area contributed by atoms with E-state index in [1.54, 1.807) is 31.3 Å². The van der Waals surface area contributed by atoms with Crippen LogP contribution in [-0.2, 0) is 10.0 Å². The van der Waals surface area contributed by atoms with Gasteiger partial charge in [-0.05, 0) is 40.2 Å². The first-order valence-corrected chi connectivity index (χ1v) is 7.32. The van der Waals surface area contributed by atoms with Gasteiger partial charge < -0.3 is 15.4 Å². The van der Waals surface area contributed by atoms with Crippen molar-refractivity contribution in [3.63, 3.8) is 0 Å². The Morgan fingerprint density at radius 2 is 1.71 bits per heavy atom. The number of sulfonamides is 1. The van der Waals surface area contributed by atoms with Crippen LogP contribution in [0.2, 0.25) is 0 Å². The van der Waals surface area contributed by atoms with E-state index < -0.39 is 20.8 Å². The van der Waals surface area contributed by atoms with Gasteiger partial charge in [0.25, 0.3) is 10.0 Å². The monoisotopic (exact) mass is 308 g/mol. The third-order valence-electron chi connectivity index (χ3n) is 2.64. The van der Waals surface area contributed by atoms with Gasteiger partial charge in [-0.1, -0.05) is 0 Å². The van der Waals surface area contributed by atoms with E-state index >= 15 is 0 Å². The van der Waals surface area contributed by atoms with Crippen LogP contribution in [0.3, 0.4) is 0 Å². The minimum atomic E-state index is -3.83. The first-order chi connectivity index (χ1) is 9.92. The number of rotatable bonds is 5. The second-order valence-corrected chi connectivity index (χ2v) is 5.72. The Balaban J connectivity index is 2.22. The minimum absolute atomic E-state index is 0.147. The van der Waals surface area contributed by atoms with Crippen LogP contribution in [0, 0.1) is 10.1 Å². The number of pyridine rings is 1. The first-order valence-electron chi connectivity index (χ1n) is 5.83. The van der Waals surface area contributed by atoms with E-state index in [9.17, 15) is 18.5 Å². The topological polar surface area (TPSA) is 114 Å². The number of nitrogens with zero attached hydrogens (tertiary/aromatic N) is 2. The Hall–Kier alpha value is -2.68. The highest BCUT2D eigenvalue weighted by Crippen LogP contribution is 2.18. The van der Waals surface area contributed by atoms with Crippen LogP contribution in [0.4, 0.5) is 17.2 Å². The maximum Gasteiger partial charge on any atom is 0.363 e. The van der Waals surface area contributed by atoms with E-state index in [1.165, 1.54) is 0 Å². The molecule has 1 heterocycles. The van der Waals surface area contributed by atoms with E-state index in [2.05, 4.69) is 15.0 Å². The van der Waals surface area contributed by atoms with E-state index in [-0.39, 0.29) is 4.90 Å². The molecule has 2 N–H and O–H groups in total. The summed E-state index contributed by atoms with van der Waals surface area (Å²) in [6, 6.07) is 8.80. The number of hydrogen-bond donors (Lipinski definition) is 2. The third kappa shape index (κ3) is 3.45. The van der Waals surface area contributed by atoms with Gasteiger partial charge in [0, 0.05) is 24.5 Å². The molecule has 2 aromatic rings. The highest BCUT2D eigenvalue weighted by Gasteiger charge is 2.18. The first kappa shape index (κ1) is 14.7. The molecule has 0 spiro atoms. The number of nitrogens with one attached hydrogen (secondary N) is 2. The van der Waals surface area contributed by atoms with E-state index in [4.69, 9.17) is 0 Å². The van der Waals surface area contributed by atoms with Gasteiger partial charge >= 0.3 is 5.82 Å². The van der Waals surface area contributed by atoms with Crippen LogP contribution < -0.4 is 10.0 Å². The molecule has 0 amide bonds. The molecule has 0 aliphatic carbocycles. The van der Waals surface area contributed by atoms with Crippen molar-refractivity contribution < 1.29 is 13.3 Å². The van der Waals surface area contributed by atoms with Crippen molar-refractivity contribution >= 4 is 27.2 Å². The maximum atomic E-state index is 12.1. The second kappa shape index (κ2) is 5.75. The molecule has 1 aromatic carbocycles. The van der Waals surface area contributed by atoms with Gasteiger partial charge in [0.2, 0.25) is 0 Å². The average molecular weight is 308 g/mol. The van der Waals surface area contributed by atoms with Crippen molar-refractivity contribution in [1.29, 1.82) is 0 Å². The largest absolute Gasteiger partial charge is 0.388 e. The molecule has 0 saturated carbocycles. The molecule has 0 radical (unpaired) electrons. The highest BCUT2D eigenvalue weighted by molar-refractivity contribution is 7.92. The predicted molar refractivity (Wildman–Crippen MR) is 77.7 cm³/mol. The number of hydrogen-bond acceptors (Lipinski definition) is 6. The van der Waals surface area contributed by atoms with Gasteiger partial charge in [0.15, 0.2) is 6.20 Å². The van der Waals surface area contributed by atoms with Crippen LogP contribution >= 0.6 is 0 Å². The highest BCUT2D eigenvalue weighted by atomic mass is 32.2. The summed E-state index contributed by atoms with van der Waals surface area (Å²) in [6.07, 6.45) is 0.947. The van der Waals surface area contributed by atoms with Gasteiger partial charge in [-0.3, -0.25) is 4.72 Å². The summed E-state index contributed by atoms with van der Waals surface area (Å²) in [6.45, 7) is 0. The lowest BCUT2D eigenvalue weighted by molar-refractivity contribution is -0.389. The average Bonchev–Trinajstić information content (AvgIpc) is 2.48. The van der Waals surface area contributed by atoms with Gasteiger partial charge in [-0.15, -0.1) is 0 Å². The molecule has 0 aliphatic heterocycles. The molecule has 0 unspecified atom stereocenters. The molecular weight excluding hydrogens is 296 g/mol. The molecule has 1 aromatic heterocycles. The fourth-order valence-electron chi connectivity index (χ4n) is 1.56. The summed E-state index contributed by atoms with van der Waals surface area (Å²) in [5.41, 5.74) is 1.22. The summed E-state index contributed by atoms with van der Waals surface area (Å²) in [5, 5.41) is 13.4. The van der Waals surface area contributed by atoms with Crippen LogP contribution in [0.25, 0.3) is 0 Å². The molecule has 0 fully saturated rings. The molecule has 21 heavy (non-hydrogen) atoms. The van der Waals surface area contributed by atoms with Gasteiger partial charge in [-0.25, -0.2) is 8.42 Å². The number of benzene rings is 1. The van der Waals surface area contributed by atoms with Gasteiger partial charge in [0.05, 0.1) is 0 Å². The third-order valence-corrected chi connectivity index (χ3v) is 4.01. The van der Waals surface area contributed by atoms with Crippen LogP contribution in [0.15, 0.2) is 47.5 Å². The zero-order chi connectivity index (χ0) is 15.5. The molecule has 0 atom stereocenters. The predicted octanol–water partition coefficient (Wildman–Crippen LogP) is 1.83. The van der Waals surface area contributed by atoms with Crippen LogP contribution in [-0.4, -0.2) is 25.4 Å². The van der Waals surface area contributed by atoms with E-state index in [0.29, 0.717) is 5.69 Å². The molecule has 2 rings (SSSR count). The van der Waals surface area contributed by atoms with Crippen molar-refractivity contribution in [2.45, 2.75) is 4.90 Å². The summed E-state index contributed by atoms with van der Waals surface area (Å²) in [5.74, 6) is -0.410. The lowest BCUT2D eigenvalue weighted by Crippen LogP contribution is -2.13. The number of aromatic nitrogens is 1. The van der Waals surface area contributed by atoms with Crippen molar-refractivity contribution in [3.05, 3.63) is 52.7 Å². The van der Waals surface area contributed by atoms with Crippen molar-refractivity contribution in [2.75, 3.05) is 17.1 Å². The fraction of sp³-hybridized carbons (Fsp3) is 0.0833. The Bertz CT molecular complexity index is 742. The molecular formula is C12H12N4O4S. The zero-order valence-corrected chi connectivity index (χ0v) is 11.8. The number of nitro groups is 1. The summed E-state index contributed by atoms with van der Waals surface area (Å²) < 4.78 is 26.6. The molecule has 9 heteroatoms. The molecule has 0 saturated heterocycles. The maximum absolute atomic E-state index is 12.1. The molecule has 8 nitrogen and oxygen atoms in total. The van der Waals surface area contributed by atoms with E-state index in [1.807, 2.05) is 0 Å². The molecule has 0 bridgehead atoms. The Morgan fingerprint density at radius 3 is 2.19 bits per heavy atom. The van der Waals surface area contributed by atoms with Crippen molar-refractivity contribution in [2.24, 2.45) is 0 Å². The lowest BCUT2D eigenvalue weighted by Gasteiger charge is -2.07. The standard InChI is InChI=1S/C12H12N4O4S/c1-13-9-2-4-10(5-3-9)15-21(19,20)11-6-7-12(14-8-11)16(17)18/h2-8,13,15H,1H3. The SMILES string of the molecule is CNc1ccc(NS(=O)(=O)c2ccc([N+](=O)[O-])nc2)cc1. The Labute approximate surface area is 121 Å². The summed E-state index contributed by atoms with van der Waals surface area (Å²) in [4.78, 5) is 13.1. The van der Waals surface area contributed by atoms with E-state index in [0.717, 1.165) is 24.0 Å². The van der Waals surface area contributed by atoms with Crippen LogP contribution in [0.5, 0.6) is 0 Å². The van der Waals surface area contributed by atoms with Gasteiger partial charge in [0.1, 0.15) is 4.90 Å².